The fourth-order valence-electron chi connectivity index (χ4n) is 3.07. The summed E-state index contributed by atoms with van der Waals surface area (Å²) in [5.41, 5.74) is -0.0792. The maximum absolute atomic E-state index is 13.7. The topological polar surface area (TPSA) is 55.9 Å². The van der Waals surface area contributed by atoms with Gasteiger partial charge in [0.25, 0.3) is 0 Å². The van der Waals surface area contributed by atoms with Gasteiger partial charge < -0.3 is 20.0 Å². The number of rotatable bonds is 7. The number of benzene rings is 1. The Morgan fingerprint density at radius 2 is 1.81 bits per heavy atom. The van der Waals surface area contributed by atoms with Crippen LogP contribution in [0.25, 0.3) is 0 Å². The van der Waals surface area contributed by atoms with Gasteiger partial charge in [0.15, 0.2) is 0 Å². The van der Waals surface area contributed by atoms with E-state index in [0.717, 1.165) is 31.8 Å². The maximum Gasteiger partial charge on any atom is 0.321 e. The van der Waals surface area contributed by atoms with Crippen molar-refractivity contribution in [2.75, 3.05) is 51.1 Å². The molecule has 0 saturated carbocycles. The number of nitrogens with zero attached hydrogens (tertiary/aromatic N) is 3. The van der Waals surface area contributed by atoms with Crippen molar-refractivity contribution in [3.05, 3.63) is 29.8 Å². The molecule has 27 heavy (non-hydrogen) atoms. The lowest BCUT2D eigenvalue weighted by molar-refractivity contribution is -0.133. The van der Waals surface area contributed by atoms with Crippen LogP contribution in [0, 0.1) is 11.6 Å². The summed E-state index contributed by atoms with van der Waals surface area (Å²) in [6.07, 6.45) is 0.939. The van der Waals surface area contributed by atoms with Gasteiger partial charge in [0.1, 0.15) is 11.6 Å². The zero-order valence-corrected chi connectivity index (χ0v) is 16.0. The molecule has 1 aromatic carbocycles. The molecule has 6 nitrogen and oxygen atoms in total. The van der Waals surface area contributed by atoms with Crippen LogP contribution in [0.5, 0.6) is 0 Å². The molecular formula is C19H28F2N4O2. The minimum absolute atomic E-state index is 0.0209. The molecule has 8 heteroatoms. The van der Waals surface area contributed by atoms with E-state index in [9.17, 15) is 18.4 Å². The monoisotopic (exact) mass is 382 g/mol. The number of carbonyl (C=O) groups is 2. The third-order valence-corrected chi connectivity index (χ3v) is 4.72. The quantitative estimate of drug-likeness (QED) is 0.789. The van der Waals surface area contributed by atoms with E-state index in [1.807, 2.05) is 11.8 Å². The second-order valence-electron chi connectivity index (χ2n) is 6.61. The molecule has 1 heterocycles. The SMILES string of the molecule is CCCN(CCC(=O)N1CCN(CC)CC1)C(=O)Nc1ccc(F)cc1F. The Morgan fingerprint density at radius 3 is 2.41 bits per heavy atom. The van der Waals surface area contributed by atoms with Crippen LogP contribution in [0.1, 0.15) is 26.7 Å². The minimum atomic E-state index is -0.829. The number of piperazine rings is 1. The van der Waals surface area contributed by atoms with E-state index >= 15 is 0 Å². The van der Waals surface area contributed by atoms with Gasteiger partial charge >= 0.3 is 6.03 Å². The van der Waals surface area contributed by atoms with E-state index < -0.39 is 17.7 Å². The zero-order chi connectivity index (χ0) is 19.8. The summed E-state index contributed by atoms with van der Waals surface area (Å²) in [6.45, 7) is 8.85. The van der Waals surface area contributed by atoms with Crippen LogP contribution in [0.4, 0.5) is 19.3 Å². The number of hydrogen-bond donors (Lipinski definition) is 1. The Kier molecular flexibility index (Phi) is 7.97. The van der Waals surface area contributed by atoms with Crippen molar-refractivity contribution in [2.24, 2.45) is 0 Å². The standard InChI is InChI=1S/C19H28F2N4O2/c1-3-8-25(19(27)22-17-6-5-15(20)14-16(17)21)9-7-18(26)24-12-10-23(4-2)11-13-24/h5-6,14H,3-4,7-13H2,1-2H3,(H,22,27). The average Bonchev–Trinajstić information content (AvgIpc) is 2.67. The van der Waals surface area contributed by atoms with E-state index in [1.54, 1.807) is 0 Å². The highest BCUT2D eigenvalue weighted by molar-refractivity contribution is 5.89. The summed E-state index contributed by atoms with van der Waals surface area (Å²) in [4.78, 5) is 30.5. The lowest BCUT2D eigenvalue weighted by Gasteiger charge is -2.34. The average molecular weight is 382 g/mol. The second-order valence-corrected chi connectivity index (χ2v) is 6.61. The first-order valence-electron chi connectivity index (χ1n) is 9.45. The van der Waals surface area contributed by atoms with E-state index in [2.05, 4.69) is 17.1 Å². The van der Waals surface area contributed by atoms with Crippen molar-refractivity contribution >= 4 is 17.6 Å². The van der Waals surface area contributed by atoms with Crippen LogP contribution >= 0.6 is 0 Å². The fourth-order valence-corrected chi connectivity index (χ4v) is 3.07. The van der Waals surface area contributed by atoms with Crippen molar-refractivity contribution in [3.8, 4) is 0 Å². The van der Waals surface area contributed by atoms with Crippen LogP contribution in [0.2, 0.25) is 0 Å². The molecule has 1 aliphatic heterocycles. The molecule has 1 saturated heterocycles. The maximum atomic E-state index is 13.7. The lowest BCUT2D eigenvalue weighted by atomic mass is 10.2. The van der Waals surface area contributed by atoms with E-state index in [-0.39, 0.29) is 24.6 Å². The molecule has 2 rings (SSSR count). The summed E-state index contributed by atoms with van der Waals surface area (Å²) in [7, 11) is 0. The molecule has 1 fully saturated rings. The fraction of sp³-hybridized carbons (Fsp3) is 0.579. The number of amides is 3. The molecule has 0 atom stereocenters. The highest BCUT2D eigenvalue weighted by atomic mass is 19.1. The van der Waals surface area contributed by atoms with E-state index in [0.29, 0.717) is 26.1 Å². The Bertz CT molecular complexity index is 649. The highest BCUT2D eigenvalue weighted by Crippen LogP contribution is 2.16. The second kappa shape index (κ2) is 10.2. The van der Waals surface area contributed by atoms with Gasteiger partial charge in [-0.25, -0.2) is 13.6 Å². The van der Waals surface area contributed by atoms with Crippen LogP contribution in [-0.2, 0) is 4.79 Å². The third-order valence-electron chi connectivity index (χ3n) is 4.72. The molecule has 0 unspecified atom stereocenters. The Hall–Kier alpha value is -2.22. The summed E-state index contributed by atoms with van der Waals surface area (Å²) in [6, 6.07) is 2.50. The van der Waals surface area contributed by atoms with Gasteiger partial charge in [-0.1, -0.05) is 13.8 Å². The highest BCUT2D eigenvalue weighted by Gasteiger charge is 2.22. The van der Waals surface area contributed by atoms with Gasteiger partial charge in [-0.05, 0) is 25.1 Å². The number of carbonyl (C=O) groups excluding carboxylic acids is 2. The molecule has 150 valence electrons. The summed E-state index contributed by atoms with van der Waals surface area (Å²) < 4.78 is 26.7. The lowest BCUT2D eigenvalue weighted by Crippen LogP contribution is -2.49. The number of likely N-dealkylation sites (N-methyl/N-ethyl adjacent to an activating group) is 1. The molecule has 1 aliphatic rings. The smallest absolute Gasteiger partial charge is 0.321 e. The van der Waals surface area contributed by atoms with Gasteiger partial charge in [0, 0.05) is 51.8 Å². The first kappa shape index (κ1) is 21.1. The van der Waals surface area contributed by atoms with Crippen molar-refractivity contribution in [1.29, 1.82) is 0 Å². The number of halogens is 2. The number of nitrogens with one attached hydrogen (secondary N) is 1. The normalized spacial score (nSPS) is 14.9. The van der Waals surface area contributed by atoms with Crippen LogP contribution in [0.3, 0.4) is 0 Å². The van der Waals surface area contributed by atoms with Crippen molar-refractivity contribution in [1.82, 2.24) is 14.7 Å². The molecule has 0 bridgehead atoms. The van der Waals surface area contributed by atoms with Gasteiger partial charge in [-0.3, -0.25) is 4.79 Å². The Morgan fingerprint density at radius 1 is 1.11 bits per heavy atom. The first-order valence-corrected chi connectivity index (χ1v) is 9.45. The van der Waals surface area contributed by atoms with Gasteiger partial charge in [0.05, 0.1) is 5.69 Å². The molecule has 1 aromatic rings. The molecule has 1 N–H and O–H groups in total. The molecule has 3 amide bonds. The predicted molar refractivity (Wildman–Crippen MR) is 101 cm³/mol. The van der Waals surface area contributed by atoms with Gasteiger partial charge in [0.2, 0.25) is 5.91 Å². The predicted octanol–water partition coefficient (Wildman–Crippen LogP) is 2.76. The molecular weight excluding hydrogens is 354 g/mol. The molecule has 0 aromatic heterocycles. The summed E-state index contributed by atoms with van der Waals surface area (Å²) in [5, 5.41) is 2.45. The molecule has 0 aliphatic carbocycles. The van der Waals surface area contributed by atoms with Crippen molar-refractivity contribution in [3.63, 3.8) is 0 Å². The van der Waals surface area contributed by atoms with Gasteiger partial charge in [-0.15, -0.1) is 0 Å². The Labute approximate surface area is 159 Å². The number of hydrogen-bond acceptors (Lipinski definition) is 3. The van der Waals surface area contributed by atoms with Crippen molar-refractivity contribution in [2.45, 2.75) is 26.7 Å². The van der Waals surface area contributed by atoms with Crippen molar-refractivity contribution < 1.29 is 18.4 Å². The molecule has 0 radical (unpaired) electrons. The largest absolute Gasteiger partial charge is 0.340 e. The van der Waals surface area contributed by atoms with Crippen LogP contribution < -0.4 is 5.32 Å². The number of urea groups is 1. The van der Waals surface area contributed by atoms with E-state index in [1.165, 1.54) is 11.0 Å². The third kappa shape index (κ3) is 6.16. The van der Waals surface area contributed by atoms with Gasteiger partial charge in [-0.2, -0.15) is 0 Å². The summed E-state index contributed by atoms with van der Waals surface area (Å²) >= 11 is 0. The minimum Gasteiger partial charge on any atom is -0.340 e. The zero-order valence-electron chi connectivity index (χ0n) is 16.0. The Balaban J connectivity index is 1.88. The molecule has 0 spiro atoms. The van der Waals surface area contributed by atoms with E-state index in [4.69, 9.17) is 0 Å². The summed E-state index contributed by atoms with van der Waals surface area (Å²) in [5.74, 6) is -1.51. The number of anilines is 1. The van der Waals surface area contributed by atoms with Crippen LogP contribution in [0.15, 0.2) is 18.2 Å². The first-order chi connectivity index (χ1) is 12.9. The van der Waals surface area contributed by atoms with Crippen LogP contribution in [-0.4, -0.2) is 72.5 Å².